The third kappa shape index (κ3) is 3.07. The maximum Gasteiger partial charge on any atom is 0.138 e. The van der Waals surface area contributed by atoms with E-state index in [9.17, 15) is 0 Å². The summed E-state index contributed by atoms with van der Waals surface area (Å²) in [5, 5.41) is 3.95. The Balaban J connectivity index is 2.00. The standard InChI is InChI=1S/C13H23N3O/c1-10(2)16-6-4-3-5-12(16)8-13-7-11(9-14)15-17-13/h7,10,12H,3-6,8-9,14H2,1-2H3. The number of nitrogens with two attached hydrogens (primary N) is 1. The summed E-state index contributed by atoms with van der Waals surface area (Å²) in [6, 6.07) is 3.20. The topological polar surface area (TPSA) is 55.3 Å². The number of likely N-dealkylation sites (tertiary alicyclic amines) is 1. The van der Waals surface area contributed by atoms with Crippen LogP contribution >= 0.6 is 0 Å². The van der Waals surface area contributed by atoms with E-state index < -0.39 is 0 Å². The van der Waals surface area contributed by atoms with Crippen LogP contribution in [-0.2, 0) is 13.0 Å². The van der Waals surface area contributed by atoms with Crippen molar-refractivity contribution in [3.63, 3.8) is 0 Å². The van der Waals surface area contributed by atoms with Gasteiger partial charge in [-0.1, -0.05) is 11.6 Å². The molecule has 96 valence electrons. The van der Waals surface area contributed by atoms with Crippen molar-refractivity contribution in [2.24, 2.45) is 5.73 Å². The molecule has 0 amide bonds. The van der Waals surface area contributed by atoms with Crippen molar-refractivity contribution >= 4 is 0 Å². The Bertz CT molecular complexity index is 348. The van der Waals surface area contributed by atoms with Crippen molar-refractivity contribution < 1.29 is 4.52 Å². The number of hydrogen-bond donors (Lipinski definition) is 1. The van der Waals surface area contributed by atoms with Crippen molar-refractivity contribution in [3.8, 4) is 0 Å². The molecule has 0 bridgehead atoms. The Morgan fingerprint density at radius 1 is 1.53 bits per heavy atom. The summed E-state index contributed by atoms with van der Waals surface area (Å²) >= 11 is 0. The molecule has 0 aliphatic carbocycles. The first-order chi connectivity index (χ1) is 8.20. The second-order valence-electron chi connectivity index (χ2n) is 5.17. The average molecular weight is 237 g/mol. The molecule has 1 saturated heterocycles. The summed E-state index contributed by atoms with van der Waals surface area (Å²) in [6.45, 7) is 6.20. The second-order valence-corrected chi connectivity index (χ2v) is 5.17. The largest absolute Gasteiger partial charge is 0.361 e. The summed E-state index contributed by atoms with van der Waals surface area (Å²) in [4.78, 5) is 2.58. The molecule has 4 heteroatoms. The minimum absolute atomic E-state index is 0.460. The fraction of sp³-hybridized carbons (Fsp3) is 0.769. The van der Waals surface area contributed by atoms with E-state index in [1.165, 1.54) is 25.8 Å². The predicted octanol–water partition coefficient (Wildman–Crippen LogP) is 1.94. The fourth-order valence-corrected chi connectivity index (χ4v) is 2.70. The van der Waals surface area contributed by atoms with Crippen LogP contribution in [0.2, 0.25) is 0 Å². The van der Waals surface area contributed by atoms with Gasteiger partial charge < -0.3 is 10.3 Å². The third-order valence-corrected chi connectivity index (χ3v) is 3.59. The summed E-state index contributed by atoms with van der Waals surface area (Å²) < 4.78 is 5.33. The number of nitrogens with zero attached hydrogens (tertiary/aromatic N) is 2. The zero-order chi connectivity index (χ0) is 12.3. The maximum absolute atomic E-state index is 5.54. The van der Waals surface area contributed by atoms with E-state index >= 15 is 0 Å². The summed E-state index contributed by atoms with van der Waals surface area (Å²) in [6.07, 6.45) is 4.87. The molecule has 0 saturated carbocycles. The Labute approximate surface area is 103 Å². The number of piperidine rings is 1. The first kappa shape index (κ1) is 12.6. The van der Waals surface area contributed by atoms with E-state index in [0.29, 0.717) is 18.6 Å². The van der Waals surface area contributed by atoms with Gasteiger partial charge in [-0.05, 0) is 33.2 Å². The highest BCUT2D eigenvalue weighted by Gasteiger charge is 2.25. The fourth-order valence-electron chi connectivity index (χ4n) is 2.70. The van der Waals surface area contributed by atoms with Gasteiger partial charge in [0.25, 0.3) is 0 Å². The molecular formula is C13H23N3O. The lowest BCUT2D eigenvalue weighted by molar-refractivity contribution is 0.106. The van der Waals surface area contributed by atoms with Gasteiger partial charge in [0.15, 0.2) is 0 Å². The van der Waals surface area contributed by atoms with E-state index in [4.69, 9.17) is 10.3 Å². The summed E-state index contributed by atoms with van der Waals surface area (Å²) in [5.74, 6) is 0.975. The summed E-state index contributed by atoms with van der Waals surface area (Å²) in [7, 11) is 0. The van der Waals surface area contributed by atoms with Gasteiger partial charge in [0.1, 0.15) is 5.76 Å². The molecule has 17 heavy (non-hydrogen) atoms. The van der Waals surface area contributed by atoms with Crippen LogP contribution in [0.5, 0.6) is 0 Å². The highest BCUT2D eigenvalue weighted by molar-refractivity contribution is 5.06. The van der Waals surface area contributed by atoms with Gasteiger partial charge in [0.2, 0.25) is 0 Å². The monoisotopic (exact) mass is 237 g/mol. The Morgan fingerprint density at radius 3 is 3.00 bits per heavy atom. The van der Waals surface area contributed by atoms with Crippen molar-refractivity contribution in [3.05, 3.63) is 17.5 Å². The molecule has 1 aromatic rings. The molecule has 1 aliphatic rings. The van der Waals surface area contributed by atoms with Crippen molar-refractivity contribution in [1.29, 1.82) is 0 Å². The van der Waals surface area contributed by atoms with Crippen LogP contribution in [0.3, 0.4) is 0 Å². The Hall–Kier alpha value is -0.870. The third-order valence-electron chi connectivity index (χ3n) is 3.59. The SMILES string of the molecule is CC(C)N1CCCCC1Cc1cc(CN)no1. The van der Waals surface area contributed by atoms with Crippen molar-refractivity contribution in [2.45, 2.75) is 58.2 Å². The molecule has 4 nitrogen and oxygen atoms in total. The molecule has 1 unspecified atom stereocenters. The van der Waals surface area contributed by atoms with Crippen LogP contribution in [0.25, 0.3) is 0 Å². The van der Waals surface area contributed by atoms with E-state index in [0.717, 1.165) is 17.9 Å². The Kier molecular flexibility index (Phi) is 4.18. The van der Waals surface area contributed by atoms with Gasteiger partial charge in [0.05, 0.1) is 5.69 Å². The lowest BCUT2D eigenvalue weighted by Crippen LogP contribution is -2.44. The first-order valence-electron chi connectivity index (χ1n) is 6.61. The summed E-state index contributed by atoms with van der Waals surface area (Å²) in [5.41, 5.74) is 6.39. The predicted molar refractivity (Wildman–Crippen MR) is 67.6 cm³/mol. The van der Waals surface area contributed by atoms with Crippen LogP contribution in [0.15, 0.2) is 10.6 Å². The van der Waals surface area contributed by atoms with Gasteiger partial charge >= 0.3 is 0 Å². The zero-order valence-corrected chi connectivity index (χ0v) is 10.9. The molecule has 1 aliphatic heterocycles. The van der Waals surface area contributed by atoms with Gasteiger partial charge in [0, 0.05) is 31.1 Å². The normalized spacial score (nSPS) is 22.2. The average Bonchev–Trinajstić information content (AvgIpc) is 2.77. The molecule has 2 N–H and O–H groups in total. The molecule has 0 radical (unpaired) electrons. The van der Waals surface area contributed by atoms with Crippen LogP contribution in [0.1, 0.15) is 44.6 Å². The van der Waals surface area contributed by atoms with Gasteiger partial charge in [-0.15, -0.1) is 0 Å². The molecular weight excluding hydrogens is 214 g/mol. The van der Waals surface area contributed by atoms with E-state index in [1.54, 1.807) is 0 Å². The number of rotatable bonds is 4. The lowest BCUT2D eigenvalue weighted by atomic mass is 9.97. The van der Waals surface area contributed by atoms with E-state index in [2.05, 4.69) is 23.9 Å². The number of aromatic nitrogens is 1. The van der Waals surface area contributed by atoms with Crippen LogP contribution in [0, 0.1) is 0 Å². The Morgan fingerprint density at radius 2 is 2.35 bits per heavy atom. The van der Waals surface area contributed by atoms with Crippen molar-refractivity contribution in [2.75, 3.05) is 6.54 Å². The molecule has 1 atom stereocenters. The highest BCUT2D eigenvalue weighted by atomic mass is 16.5. The van der Waals surface area contributed by atoms with Gasteiger partial charge in [-0.3, -0.25) is 4.90 Å². The smallest absolute Gasteiger partial charge is 0.138 e. The minimum atomic E-state index is 0.460. The lowest BCUT2D eigenvalue weighted by Gasteiger charge is -2.38. The maximum atomic E-state index is 5.54. The quantitative estimate of drug-likeness (QED) is 0.869. The molecule has 2 heterocycles. The van der Waals surface area contributed by atoms with Crippen LogP contribution < -0.4 is 5.73 Å². The van der Waals surface area contributed by atoms with Crippen molar-refractivity contribution in [1.82, 2.24) is 10.1 Å². The molecule has 2 rings (SSSR count). The van der Waals surface area contributed by atoms with Crippen LogP contribution in [-0.4, -0.2) is 28.7 Å². The molecule has 1 fully saturated rings. The highest BCUT2D eigenvalue weighted by Crippen LogP contribution is 2.23. The van der Waals surface area contributed by atoms with E-state index in [-0.39, 0.29) is 0 Å². The second kappa shape index (κ2) is 5.65. The molecule has 1 aromatic heterocycles. The minimum Gasteiger partial charge on any atom is -0.361 e. The van der Waals surface area contributed by atoms with Gasteiger partial charge in [-0.25, -0.2) is 0 Å². The molecule has 0 aromatic carbocycles. The zero-order valence-electron chi connectivity index (χ0n) is 10.9. The van der Waals surface area contributed by atoms with E-state index in [1.807, 2.05) is 6.07 Å². The van der Waals surface area contributed by atoms with Crippen LogP contribution in [0.4, 0.5) is 0 Å². The van der Waals surface area contributed by atoms with Gasteiger partial charge in [-0.2, -0.15) is 0 Å². The number of hydrogen-bond acceptors (Lipinski definition) is 4. The molecule has 0 spiro atoms. The first-order valence-corrected chi connectivity index (χ1v) is 6.61.